The van der Waals surface area contributed by atoms with Crippen molar-refractivity contribution in [1.82, 2.24) is 5.32 Å². The SMILES string of the molecule is CCCCCCCCCCCCCCCCCCCCCCCCNC=O. The highest BCUT2D eigenvalue weighted by Crippen LogP contribution is 2.15. The molecule has 0 fully saturated rings. The van der Waals surface area contributed by atoms with Crippen LogP contribution in [-0.4, -0.2) is 13.0 Å². The van der Waals surface area contributed by atoms with Crippen LogP contribution in [0.5, 0.6) is 0 Å². The van der Waals surface area contributed by atoms with E-state index >= 15 is 0 Å². The number of amides is 1. The van der Waals surface area contributed by atoms with Crippen molar-refractivity contribution in [3.8, 4) is 0 Å². The summed E-state index contributed by atoms with van der Waals surface area (Å²) in [5.41, 5.74) is 0. The number of carbonyl (C=O) groups excluding carboxylic acids is 1. The minimum atomic E-state index is 0.803. The Hall–Kier alpha value is -0.530. The lowest BCUT2D eigenvalue weighted by Gasteiger charge is -2.04. The van der Waals surface area contributed by atoms with Gasteiger partial charge in [-0.05, 0) is 6.42 Å². The molecule has 0 aromatic heterocycles. The zero-order valence-electron chi connectivity index (χ0n) is 18.7. The minimum absolute atomic E-state index is 0.803. The summed E-state index contributed by atoms with van der Waals surface area (Å²) >= 11 is 0. The molecule has 0 aliphatic heterocycles. The number of carbonyl (C=O) groups is 1. The number of hydrogen-bond acceptors (Lipinski definition) is 1. The molecule has 0 aromatic rings. The van der Waals surface area contributed by atoms with Gasteiger partial charge < -0.3 is 5.32 Å². The molecule has 162 valence electrons. The molecule has 1 N–H and O–H groups in total. The quantitative estimate of drug-likeness (QED) is 0.132. The topological polar surface area (TPSA) is 29.1 Å². The van der Waals surface area contributed by atoms with Crippen LogP contribution in [0.25, 0.3) is 0 Å². The van der Waals surface area contributed by atoms with Gasteiger partial charge >= 0.3 is 0 Å². The number of nitrogens with one attached hydrogen (secondary N) is 1. The van der Waals surface area contributed by atoms with E-state index in [4.69, 9.17) is 0 Å². The monoisotopic (exact) mass is 381 g/mol. The molecule has 0 aliphatic carbocycles. The first-order valence-corrected chi connectivity index (χ1v) is 12.6. The maximum Gasteiger partial charge on any atom is 0.207 e. The molecule has 0 unspecified atom stereocenters. The summed E-state index contributed by atoms with van der Waals surface area (Å²) in [6.45, 7) is 3.14. The smallest absolute Gasteiger partial charge is 0.207 e. The molecule has 0 bridgehead atoms. The maximum absolute atomic E-state index is 10.1. The Morgan fingerprint density at radius 3 is 0.963 bits per heavy atom. The molecule has 0 rings (SSSR count). The van der Waals surface area contributed by atoms with Gasteiger partial charge in [-0.15, -0.1) is 0 Å². The molecule has 2 heteroatoms. The Kier molecular flexibility index (Phi) is 25.0. The van der Waals surface area contributed by atoms with Crippen LogP contribution in [0.15, 0.2) is 0 Å². The predicted octanol–water partition coefficient (Wildman–Crippen LogP) is 8.33. The van der Waals surface area contributed by atoms with Crippen molar-refractivity contribution in [1.29, 1.82) is 0 Å². The molecule has 1 amide bonds. The zero-order valence-corrected chi connectivity index (χ0v) is 18.7. The second-order valence-electron chi connectivity index (χ2n) is 8.50. The normalized spacial score (nSPS) is 11.0. The van der Waals surface area contributed by atoms with Crippen LogP contribution < -0.4 is 5.32 Å². The van der Waals surface area contributed by atoms with E-state index in [1.165, 1.54) is 135 Å². The summed E-state index contributed by atoms with van der Waals surface area (Å²) in [7, 11) is 0. The van der Waals surface area contributed by atoms with Crippen molar-refractivity contribution in [2.75, 3.05) is 6.54 Å². The van der Waals surface area contributed by atoms with E-state index in [0.717, 1.165) is 19.4 Å². The van der Waals surface area contributed by atoms with Crippen LogP contribution in [0.3, 0.4) is 0 Å². The molecule has 27 heavy (non-hydrogen) atoms. The highest BCUT2D eigenvalue weighted by Gasteiger charge is 1.95. The van der Waals surface area contributed by atoms with Gasteiger partial charge in [0.05, 0.1) is 0 Å². The second-order valence-corrected chi connectivity index (χ2v) is 8.50. The number of unbranched alkanes of at least 4 members (excludes halogenated alkanes) is 21. The van der Waals surface area contributed by atoms with Crippen molar-refractivity contribution in [2.24, 2.45) is 0 Å². The van der Waals surface area contributed by atoms with Crippen LogP contribution in [0.2, 0.25) is 0 Å². The third-order valence-corrected chi connectivity index (χ3v) is 5.76. The van der Waals surface area contributed by atoms with Gasteiger partial charge in [0.2, 0.25) is 6.41 Å². The summed E-state index contributed by atoms with van der Waals surface area (Å²) < 4.78 is 0. The number of rotatable bonds is 24. The molecule has 0 atom stereocenters. The lowest BCUT2D eigenvalue weighted by Crippen LogP contribution is -2.11. The average molecular weight is 382 g/mol. The Balaban J connectivity index is 2.96. The van der Waals surface area contributed by atoms with Crippen molar-refractivity contribution in [2.45, 2.75) is 148 Å². The largest absolute Gasteiger partial charge is 0.359 e. The first-order valence-electron chi connectivity index (χ1n) is 12.6. The highest BCUT2D eigenvalue weighted by atomic mass is 16.1. The van der Waals surface area contributed by atoms with E-state index in [0.29, 0.717) is 0 Å². The first kappa shape index (κ1) is 26.5. The standard InChI is InChI=1S/C25H51NO/c1-2-3-4-5-6-7-8-9-10-11-12-13-14-15-16-17-18-19-20-21-22-23-24-26-25-27/h25H,2-24H2,1H3,(H,26,27). The van der Waals surface area contributed by atoms with E-state index in [9.17, 15) is 4.79 Å². The van der Waals surface area contributed by atoms with Crippen molar-refractivity contribution < 1.29 is 4.79 Å². The lowest BCUT2D eigenvalue weighted by molar-refractivity contribution is -0.109. The number of hydrogen-bond donors (Lipinski definition) is 1. The molecule has 0 spiro atoms. The van der Waals surface area contributed by atoms with Gasteiger partial charge in [0, 0.05) is 6.54 Å². The van der Waals surface area contributed by atoms with Crippen LogP contribution >= 0.6 is 0 Å². The van der Waals surface area contributed by atoms with Crippen LogP contribution in [0.1, 0.15) is 148 Å². The fraction of sp³-hybridized carbons (Fsp3) is 0.960. The van der Waals surface area contributed by atoms with Crippen LogP contribution in [-0.2, 0) is 4.79 Å². The highest BCUT2D eigenvalue weighted by molar-refractivity contribution is 5.45. The third kappa shape index (κ3) is 25.5. The van der Waals surface area contributed by atoms with Gasteiger partial charge in [0.15, 0.2) is 0 Å². The fourth-order valence-electron chi connectivity index (χ4n) is 3.89. The van der Waals surface area contributed by atoms with Gasteiger partial charge in [-0.3, -0.25) is 4.79 Å². The fourth-order valence-corrected chi connectivity index (χ4v) is 3.89. The molecular formula is C25H51NO. The van der Waals surface area contributed by atoms with Crippen molar-refractivity contribution in [3.63, 3.8) is 0 Å². The van der Waals surface area contributed by atoms with Crippen LogP contribution in [0.4, 0.5) is 0 Å². The second kappa shape index (κ2) is 25.5. The minimum Gasteiger partial charge on any atom is -0.359 e. The van der Waals surface area contributed by atoms with Gasteiger partial charge in [-0.1, -0.05) is 142 Å². The third-order valence-electron chi connectivity index (χ3n) is 5.76. The van der Waals surface area contributed by atoms with Gasteiger partial charge in [-0.2, -0.15) is 0 Å². The van der Waals surface area contributed by atoms with Crippen LogP contribution in [0, 0.1) is 0 Å². The summed E-state index contributed by atoms with van der Waals surface area (Å²) in [4.78, 5) is 10.1. The molecule has 0 aromatic carbocycles. The van der Waals surface area contributed by atoms with Crippen molar-refractivity contribution in [3.05, 3.63) is 0 Å². The van der Waals surface area contributed by atoms with Crippen molar-refractivity contribution >= 4 is 6.41 Å². The molecule has 0 heterocycles. The lowest BCUT2D eigenvalue weighted by atomic mass is 10.0. The molecule has 0 radical (unpaired) electrons. The Morgan fingerprint density at radius 1 is 0.444 bits per heavy atom. The summed E-state index contributed by atoms with van der Waals surface area (Å²) in [6, 6.07) is 0. The van der Waals surface area contributed by atoms with E-state index < -0.39 is 0 Å². The Morgan fingerprint density at radius 2 is 0.704 bits per heavy atom. The summed E-state index contributed by atoms with van der Waals surface area (Å²) in [6.07, 6.45) is 32.0. The average Bonchev–Trinajstić information content (AvgIpc) is 2.68. The first-order chi connectivity index (χ1) is 13.4. The Labute approximate surface area is 171 Å². The molecule has 0 aliphatic rings. The van der Waals surface area contributed by atoms with Gasteiger partial charge in [0.25, 0.3) is 0 Å². The summed E-state index contributed by atoms with van der Waals surface area (Å²) in [5, 5.41) is 2.73. The molecular weight excluding hydrogens is 330 g/mol. The molecule has 0 saturated heterocycles. The van der Waals surface area contributed by atoms with Gasteiger partial charge in [-0.25, -0.2) is 0 Å². The van der Waals surface area contributed by atoms with E-state index in [-0.39, 0.29) is 0 Å². The van der Waals surface area contributed by atoms with Gasteiger partial charge in [0.1, 0.15) is 0 Å². The predicted molar refractivity (Wildman–Crippen MR) is 121 cm³/mol. The van der Waals surface area contributed by atoms with E-state index in [2.05, 4.69) is 12.2 Å². The maximum atomic E-state index is 10.1. The van der Waals surface area contributed by atoms with E-state index in [1.54, 1.807) is 0 Å². The molecule has 0 saturated carbocycles. The summed E-state index contributed by atoms with van der Waals surface area (Å²) in [5.74, 6) is 0. The molecule has 2 nitrogen and oxygen atoms in total. The Bertz CT molecular complexity index is 267. The zero-order chi connectivity index (χ0) is 19.7. The van der Waals surface area contributed by atoms with E-state index in [1.807, 2.05) is 0 Å².